The Labute approximate surface area is 95.3 Å². The molecular weight excluding hydrogens is 206 g/mol. The Bertz CT molecular complexity index is 331. The maximum Gasteiger partial charge on any atom is 0.185 e. The topological polar surface area (TPSA) is 42.2 Å². The maximum absolute atomic E-state index is 5.65. The normalized spacial score (nSPS) is 16.5. The Kier molecular flexibility index (Phi) is 3.26. The SMILES string of the molecule is Cc1nc(N(C)CC2CCC2)sc1CN. The Balaban J connectivity index is 2.00. The van der Waals surface area contributed by atoms with Crippen LogP contribution in [-0.2, 0) is 6.54 Å². The number of nitrogens with zero attached hydrogens (tertiary/aromatic N) is 2. The highest BCUT2D eigenvalue weighted by molar-refractivity contribution is 7.15. The number of nitrogens with two attached hydrogens (primary N) is 1. The van der Waals surface area contributed by atoms with Gasteiger partial charge in [0, 0.05) is 25.0 Å². The molecule has 1 saturated carbocycles. The highest BCUT2D eigenvalue weighted by atomic mass is 32.1. The molecule has 4 heteroatoms. The van der Waals surface area contributed by atoms with Crippen molar-refractivity contribution in [2.45, 2.75) is 32.7 Å². The monoisotopic (exact) mass is 225 g/mol. The first-order chi connectivity index (χ1) is 7.20. The summed E-state index contributed by atoms with van der Waals surface area (Å²) in [6.07, 6.45) is 4.18. The van der Waals surface area contributed by atoms with Crippen molar-refractivity contribution in [3.05, 3.63) is 10.6 Å². The lowest BCUT2D eigenvalue weighted by molar-refractivity contribution is 0.321. The molecule has 1 aliphatic carbocycles. The minimum Gasteiger partial charge on any atom is -0.351 e. The zero-order chi connectivity index (χ0) is 10.8. The molecule has 3 nitrogen and oxygen atoms in total. The van der Waals surface area contributed by atoms with E-state index in [9.17, 15) is 0 Å². The van der Waals surface area contributed by atoms with E-state index in [1.165, 1.54) is 24.1 Å². The third-order valence-corrected chi connectivity index (χ3v) is 4.44. The van der Waals surface area contributed by atoms with Crippen molar-refractivity contribution in [2.75, 3.05) is 18.5 Å². The maximum atomic E-state index is 5.65. The lowest BCUT2D eigenvalue weighted by atomic mass is 9.85. The Morgan fingerprint density at radius 3 is 2.73 bits per heavy atom. The van der Waals surface area contributed by atoms with Gasteiger partial charge in [0.15, 0.2) is 5.13 Å². The largest absolute Gasteiger partial charge is 0.351 e. The zero-order valence-electron chi connectivity index (χ0n) is 9.49. The van der Waals surface area contributed by atoms with Crippen LogP contribution in [0.4, 0.5) is 5.13 Å². The number of hydrogen-bond acceptors (Lipinski definition) is 4. The number of rotatable bonds is 4. The molecule has 0 spiro atoms. The molecule has 0 atom stereocenters. The number of aromatic nitrogens is 1. The van der Waals surface area contributed by atoms with Gasteiger partial charge in [-0.25, -0.2) is 4.98 Å². The van der Waals surface area contributed by atoms with Crippen LogP contribution in [0, 0.1) is 12.8 Å². The Hall–Kier alpha value is -0.610. The van der Waals surface area contributed by atoms with E-state index in [0.29, 0.717) is 6.54 Å². The van der Waals surface area contributed by atoms with E-state index in [2.05, 4.69) is 16.9 Å². The number of hydrogen-bond donors (Lipinski definition) is 1. The second kappa shape index (κ2) is 4.49. The molecule has 0 unspecified atom stereocenters. The lowest BCUT2D eigenvalue weighted by Crippen LogP contribution is -2.29. The molecule has 84 valence electrons. The summed E-state index contributed by atoms with van der Waals surface area (Å²) in [4.78, 5) is 8.05. The number of aryl methyl sites for hydroxylation is 1. The summed E-state index contributed by atoms with van der Waals surface area (Å²) in [6, 6.07) is 0. The highest BCUT2D eigenvalue weighted by Gasteiger charge is 2.20. The van der Waals surface area contributed by atoms with Gasteiger partial charge >= 0.3 is 0 Å². The molecule has 1 aromatic rings. The van der Waals surface area contributed by atoms with Crippen LogP contribution in [0.15, 0.2) is 0 Å². The summed E-state index contributed by atoms with van der Waals surface area (Å²) in [7, 11) is 2.14. The molecule has 0 saturated heterocycles. The van der Waals surface area contributed by atoms with Crippen LogP contribution in [0.2, 0.25) is 0 Å². The molecule has 1 aliphatic rings. The fourth-order valence-corrected chi connectivity index (χ4v) is 2.82. The van der Waals surface area contributed by atoms with Gasteiger partial charge in [-0.3, -0.25) is 0 Å². The average Bonchev–Trinajstić information content (AvgIpc) is 2.53. The van der Waals surface area contributed by atoms with E-state index in [4.69, 9.17) is 5.73 Å². The molecular formula is C11H19N3S. The van der Waals surface area contributed by atoms with Crippen molar-refractivity contribution in [1.82, 2.24) is 4.98 Å². The predicted molar refractivity (Wildman–Crippen MR) is 65.4 cm³/mol. The van der Waals surface area contributed by atoms with Crippen molar-refractivity contribution in [2.24, 2.45) is 11.7 Å². The number of anilines is 1. The Morgan fingerprint density at radius 1 is 1.53 bits per heavy atom. The van der Waals surface area contributed by atoms with Gasteiger partial charge in [-0.2, -0.15) is 0 Å². The molecule has 1 fully saturated rings. The molecule has 15 heavy (non-hydrogen) atoms. The average molecular weight is 225 g/mol. The van der Waals surface area contributed by atoms with E-state index in [1.54, 1.807) is 11.3 Å². The summed E-state index contributed by atoms with van der Waals surface area (Å²) in [5, 5.41) is 1.12. The van der Waals surface area contributed by atoms with E-state index < -0.39 is 0 Å². The minimum atomic E-state index is 0.612. The highest BCUT2D eigenvalue weighted by Crippen LogP contribution is 2.30. The first-order valence-corrected chi connectivity index (χ1v) is 6.40. The first kappa shape index (κ1) is 10.9. The molecule has 1 heterocycles. The molecule has 0 aliphatic heterocycles. The Morgan fingerprint density at radius 2 is 2.27 bits per heavy atom. The van der Waals surface area contributed by atoms with Gasteiger partial charge in [0.05, 0.1) is 5.69 Å². The standard InChI is InChI=1S/C11H19N3S/c1-8-10(6-12)15-11(13-8)14(2)7-9-4-3-5-9/h9H,3-7,12H2,1-2H3. The molecule has 0 bridgehead atoms. The molecule has 0 amide bonds. The van der Waals surface area contributed by atoms with Gasteiger partial charge in [0.25, 0.3) is 0 Å². The molecule has 1 aromatic heterocycles. The second-order valence-electron chi connectivity index (χ2n) is 4.39. The zero-order valence-corrected chi connectivity index (χ0v) is 10.3. The van der Waals surface area contributed by atoms with Crippen LogP contribution < -0.4 is 10.6 Å². The van der Waals surface area contributed by atoms with Gasteiger partial charge in [-0.15, -0.1) is 11.3 Å². The quantitative estimate of drug-likeness (QED) is 0.853. The van der Waals surface area contributed by atoms with Crippen molar-refractivity contribution >= 4 is 16.5 Å². The van der Waals surface area contributed by atoms with Crippen molar-refractivity contribution in [3.8, 4) is 0 Å². The van der Waals surface area contributed by atoms with Gasteiger partial charge in [0.2, 0.25) is 0 Å². The lowest BCUT2D eigenvalue weighted by Gasteiger charge is -2.29. The van der Waals surface area contributed by atoms with E-state index in [-0.39, 0.29) is 0 Å². The van der Waals surface area contributed by atoms with Crippen LogP contribution in [0.3, 0.4) is 0 Å². The summed E-state index contributed by atoms with van der Waals surface area (Å²) >= 11 is 1.73. The third-order valence-electron chi connectivity index (χ3n) is 3.15. The van der Waals surface area contributed by atoms with E-state index in [1.807, 2.05) is 6.92 Å². The van der Waals surface area contributed by atoms with Gasteiger partial charge < -0.3 is 10.6 Å². The minimum absolute atomic E-state index is 0.612. The van der Waals surface area contributed by atoms with Crippen LogP contribution in [0.1, 0.15) is 29.8 Å². The van der Waals surface area contributed by atoms with Crippen molar-refractivity contribution in [3.63, 3.8) is 0 Å². The van der Waals surface area contributed by atoms with Crippen LogP contribution in [-0.4, -0.2) is 18.6 Å². The van der Waals surface area contributed by atoms with Gasteiger partial charge in [0.1, 0.15) is 0 Å². The smallest absolute Gasteiger partial charge is 0.185 e. The summed E-state index contributed by atoms with van der Waals surface area (Å²) in [6.45, 7) is 3.80. The fourth-order valence-electron chi connectivity index (χ4n) is 1.91. The van der Waals surface area contributed by atoms with E-state index >= 15 is 0 Å². The van der Waals surface area contributed by atoms with E-state index in [0.717, 1.165) is 23.3 Å². The van der Waals surface area contributed by atoms with Crippen LogP contribution >= 0.6 is 11.3 Å². The van der Waals surface area contributed by atoms with Crippen LogP contribution in [0.5, 0.6) is 0 Å². The predicted octanol–water partition coefficient (Wildman–Crippen LogP) is 2.15. The first-order valence-electron chi connectivity index (χ1n) is 5.58. The summed E-state index contributed by atoms with van der Waals surface area (Å²) < 4.78 is 0. The van der Waals surface area contributed by atoms with Gasteiger partial charge in [-0.1, -0.05) is 6.42 Å². The number of thiazole rings is 1. The molecule has 2 rings (SSSR count). The summed E-state index contributed by atoms with van der Waals surface area (Å²) in [5.41, 5.74) is 6.75. The van der Waals surface area contributed by atoms with Crippen LogP contribution in [0.25, 0.3) is 0 Å². The fraction of sp³-hybridized carbons (Fsp3) is 0.727. The van der Waals surface area contributed by atoms with Gasteiger partial charge in [-0.05, 0) is 25.7 Å². The molecule has 2 N–H and O–H groups in total. The molecule has 0 aromatic carbocycles. The summed E-state index contributed by atoms with van der Waals surface area (Å²) in [5.74, 6) is 0.889. The van der Waals surface area contributed by atoms with Crippen molar-refractivity contribution < 1.29 is 0 Å². The second-order valence-corrected chi connectivity index (χ2v) is 5.45. The van der Waals surface area contributed by atoms with Crippen molar-refractivity contribution in [1.29, 1.82) is 0 Å². The third kappa shape index (κ3) is 2.32. The molecule has 0 radical (unpaired) electrons.